The Morgan fingerprint density at radius 3 is 2.45 bits per heavy atom. The molecule has 1 amide bonds. The second-order valence-electron chi connectivity index (χ2n) is 7.65. The highest BCUT2D eigenvalue weighted by atomic mass is 32.2. The minimum atomic E-state index is -4.04. The number of ether oxygens (including phenoxy) is 1. The predicted octanol–water partition coefficient (Wildman–Crippen LogP) is 2.60. The van der Waals surface area contributed by atoms with E-state index in [0.29, 0.717) is 13.1 Å². The zero-order chi connectivity index (χ0) is 21.0. The summed E-state index contributed by atoms with van der Waals surface area (Å²) >= 11 is 0. The van der Waals surface area contributed by atoms with Crippen molar-refractivity contribution in [1.29, 1.82) is 0 Å². The number of carbonyl (C=O) groups is 2. The Hall–Kier alpha value is -2.00. The molecule has 160 valence electrons. The summed E-state index contributed by atoms with van der Waals surface area (Å²) < 4.78 is 46.2. The van der Waals surface area contributed by atoms with Crippen molar-refractivity contribution in [3.8, 4) is 0 Å². The normalized spacial score (nSPS) is 19.7. The molecule has 3 rings (SSSR count). The fraction of sp³-hybridized carbons (Fsp3) is 0.600. The van der Waals surface area contributed by atoms with E-state index in [2.05, 4.69) is 5.32 Å². The summed E-state index contributed by atoms with van der Waals surface area (Å²) in [6.45, 7) is 2.11. The van der Waals surface area contributed by atoms with E-state index in [1.807, 2.05) is 0 Å². The SMILES string of the molecule is CC(OC(=O)c1ccc(F)c(S(=O)(=O)N2CCCCC2)c1)C(=O)NC1CCCC1. The Labute approximate surface area is 170 Å². The molecule has 1 N–H and O–H groups in total. The summed E-state index contributed by atoms with van der Waals surface area (Å²) in [4.78, 5) is 24.1. The molecule has 1 saturated heterocycles. The van der Waals surface area contributed by atoms with Crippen LogP contribution in [0.2, 0.25) is 0 Å². The summed E-state index contributed by atoms with van der Waals surface area (Å²) in [7, 11) is -4.04. The van der Waals surface area contributed by atoms with Crippen LogP contribution in [-0.4, -0.2) is 49.8 Å². The van der Waals surface area contributed by atoms with Crippen LogP contribution in [0.1, 0.15) is 62.2 Å². The maximum atomic E-state index is 14.3. The number of halogens is 1. The molecule has 2 fully saturated rings. The van der Waals surface area contributed by atoms with Crippen molar-refractivity contribution in [2.45, 2.75) is 68.9 Å². The molecular formula is C20H27FN2O5S. The molecule has 1 saturated carbocycles. The molecule has 1 aromatic carbocycles. The zero-order valence-electron chi connectivity index (χ0n) is 16.5. The summed E-state index contributed by atoms with van der Waals surface area (Å²) in [6, 6.07) is 3.18. The van der Waals surface area contributed by atoms with Gasteiger partial charge in [-0.3, -0.25) is 4.79 Å². The molecule has 9 heteroatoms. The maximum absolute atomic E-state index is 14.3. The summed E-state index contributed by atoms with van der Waals surface area (Å²) in [5, 5.41) is 2.84. The van der Waals surface area contributed by atoms with Crippen LogP contribution >= 0.6 is 0 Å². The number of piperidine rings is 1. The Balaban J connectivity index is 1.71. The lowest BCUT2D eigenvalue weighted by Gasteiger charge is -2.26. The molecular weight excluding hydrogens is 399 g/mol. The molecule has 29 heavy (non-hydrogen) atoms. The van der Waals surface area contributed by atoms with Crippen LogP contribution in [0.4, 0.5) is 4.39 Å². The van der Waals surface area contributed by atoms with E-state index in [0.717, 1.165) is 63.1 Å². The van der Waals surface area contributed by atoms with E-state index < -0.39 is 38.7 Å². The van der Waals surface area contributed by atoms with Crippen molar-refractivity contribution in [3.63, 3.8) is 0 Å². The number of hydrogen-bond acceptors (Lipinski definition) is 5. The number of esters is 1. The quantitative estimate of drug-likeness (QED) is 0.706. The first-order valence-corrected chi connectivity index (χ1v) is 11.5. The molecule has 0 radical (unpaired) electrons. The summed E-state index contributed by atoms with van der Waals surface area (Å²) in [5.41, 5.74) is -0.109. The number of nitrogens with zero attached hydrogens (tertiary/aromatic N) is 1. The van der Waals surface area contributed by atoms with Gasteiger partial charge in [0.15, 0.2) is 6.10 Å². The van der Waals surface area contributed by atoms with Gasteiger partial charge in [-0.25, -0.2) is 17.6 Å². The fourth-order valence-corrected chi connectivity index (χ4v) is 5.35. The number of hydrogen-bond donors (Lipinski definition) is 1. The van der Waals surface area contributed by atoms with Crippen LogP contribution in [-0.2, 0) is 19.6 Å². The lowest BCUT2D eigenvalue weighted by molar-refractivity contribution is -0.129. The molecule has 1 atom stereocenters. The van der Waals surface area contributed by atoms with Crippen molar-refractivity contribution in [2.75, 3.05) is 13.1 Å². The van der Waals surface area contributed by atoms with E-state index in [4.69, 9.17) is 4.74 Å². The molecule has 1 unspecified atom stereocenters. The molecule has 1 aliphatic heterocycles. The van der Waals surface area contributed by atoms with Gasteiger partial charge in [0.2, 0.25) is 10.0 Å². The number of nitrogens with one attached hydrogen (secondary N) is 1. The molecule has 0 bridgehead atoms. The van der Waals surface area contributed by atoms with Gasteiger partial charge < -0.3 is 10.1 Å². The zero-order valence-corrected chi connectivity index (χ0v) is 17.3. The molecule has 0 spiro atoms. The minimum absolute atomic E-state index is 0.0933. The highest BCUT2D eigenvalue weighted by Gasteiger charge is 2.30. The van der Waals surface area contributed by atoms with Gasteiger partial charge >= 0.3 is 5.97 Å². The second-order valence-corrected chi connectivity index (χ2v) is 9.55. The van der Waals surface area contributed by atoms with Crippen LogP contribution in [0.5, 0.6) is 0 Å². The molecule has 1 aromatic rings. The average molecular weight is 427 g/mol. The summed E-state index contributed by atoms with van der Waals surface area (Å²) in [5.74, 6) is -2.18. The van der Waals surface area contributed by atoms with Crippen LogP contribution in [0.15, 0.2) is 23.1 Å². The second kappa shape index (κ2) is 9.21. The Kier molecular flexibility index (Phi) is 6.89. The number of rotatable bonds is 6. The van der Waals surface area contributed by atoms with Crippen LogP contribution in [0.25, 0.3) is 0 Å². The van der Waals surface area contributed by atoms with Crippen molar-refractivity contribution in [2.24, 2.45) is 0 Å². The minimum Gasteiger partial charge on any atom is -0.449 e. The van der Waals surface area contributed by atoms with Gasteiger partial charge in [0.05, 0.1) is 5.56 Å². The first kappa shape index (κ1) is 21.7. The van der Waals surface area contributed by atoms with Gasteiger partial charge in [0.1, 0.15) is 10.7 Å². The van der Waals surface area contributed by atoms with E-state index in [1.54, 1.807) is 0 Å². The predicted molar refractivity (Wildman–Crippen MR) is 104 cm³/mol. The summed E-state index contributed by atoms with van der Waals surface area (Å²) in [6.07, 6.45) is 5.26. The third-order valence-corrected chi connectivity index (χ3v) is 7.37. The molecule has 1 heterocycles. The first-order valence-electron chi connectivity index (χ1n) is 10.1. The first-order chi connectivity index (χ1) is 13.8. The van der Waals surface area contributed by atoms with Gasteiger partial charge in [-0.2, -0.15) is 4.31 Å². The third kappa shape index (κ3) is 5.14. The number of amides is 1. The Bertz CT molecular complexity index is 862. The lowest BCUT2D eigenvalue weighted by atomic mass is 10.2. The van der Waals surface area contributed by atoms with Crippen molar-refractivity contribution < 1.29 is 27.1 Å². The third-order valence-electron chi connectivity index (χ3n) is 5.45. The average Bonchev–Trinajstić information content (AvgIpc) is 3.21. The van der Waals surface area contributed by atoms with E-state index in [9.17, 15) is 22.4 Å². The topological polar surface area (TPSA) is 92.8 Å². The van der Waals surface area contributed by atoms with Gasteiger partial charge in [-0.15, -0.1) is 0 Å². The van der Waals surface area contributed by atoms with Crippen LogP contribution in [0, 0.1) is 5.82 Å². The number of sulfonamides is 1. The Morgan fingerprint density at radius 1 is 1.14 bits per heavy atom. The highest BCUT2D eigenvalue weighted by Crippen LogP contribution is 2.24. The standard InChI is InChI=1S/C20H27FN2O5S/c1-14(19(24)22-16-7-3-4-8-16)28-20(25)15-9-10-17(21)18(13-15)29(26,27)23-11-5-2-6-12-23/h9-10,13-14,16H,2-8,11-12H2,1H3,(H,22,24). The monoisotopic (exact) mass is 426 g/mol. The van der Waals surface area contributed by atoms with Crippen molar-refractivity contribution >= 4 is 21.9 Å². The fourth-order valence-electron chi connectivity index (χ4n) is 3.74. The van der Waals surface area contributed by atoms with Gasteiger partial charge in [-0.1, -0.05) is 19.3 Å². The maximum Gasteiger partial charge on any atom is 0.338 e. The molecule has 0 aromatic heterocycles. The van der Waals surface area contributed by atoms with Crippen molar-refractivity contribution in [1.82, 2.24) is 9.62 Å². The number of carbonyl (C=O) groups excluding carboxylic acids is 2. The van der Waals surface area contributed by atoms with E-state index in [-0.39, 0.29) is 11.6 Å². The van der Waals surface area contributed by atoms with Crippen LogP contribution in [0.3, 0.4) is 0 Å². The largest absolute Gasteiger partial charge is 0.449 e. The lowest BCUT2D eigenvalue weighted by Crippen LogP contribution is -2.40. The molecule has 7 nitrogen and oxygen atoms in total. The van der Waals surface area contributed by atoms with Gasteiger partial charge in [0.25, 0.3) is 5.91 Å². The van der Waals surface area contributed by atoms with Crippen molar-refractivity contribution in [3.05, 3.63) is 29.6 Å². The Morgan fingerprint density at radius 2 is 1.79 bits per heavy atom. The highest BCUT2D eigenvalue weighted by molar-refractivity contribution is 7.89. The van der Waals surface area contributed by atoms with Crippen LogP contribution < -0.4 is 5.32 Å². The van der Waals surface area contributed by atoms with Gasteiger partial charge in [0, 0.05) is 19.1 Å². The molecule has 1 aliphatic carbocycles. The number of benzene rings is 1. The smallest absolute Gasteiger partial charge is 0.338 e. The molecule has 2 aliphatic rings. The van der Waals surface area contributed by atoms with Gasteiger partial charge in [-0.05, 0) is 50.8 Å². The van der Waals surface area contributed by atoms with E-state index >= 15 is 0 Å². The van der Waals surface area contributed by atoms with E-state index in [1.165, 1.54) is 11.2 Å².